The van der Waals surface area contributed by atoms with Gasteiger partial charge in [0.15, 0.2) is 5.75 Å². The highest BCUT2D eigenvalue weighted by Gasteiger charge is 2.15. The van der Waals surface area contributed by atoms with Gasteiger partial charge in [0, 0.05) is 19.0 Å². The molecule has 6 nitrogen and oxygen atoms in total. The monoisotopic (exact) mass is 240 g/mol. The number of benzene rings is 1. The van der Waals surface area contributed by atoms with Gasteiger partial charge in [-0.25, -0.2) is 0 Å². The zero-order valence-corrected chi connectivity index (χ0v) is 9.63. The largest absolute Gasteiger partial charge is 0.487 e. The van der Waals surface area contributed by atoms with Crippen LogP contribution in [0.5, 0.6) is 5.75 Å². The molecule has 0 amide bonds. The third kappa shape index (κ3) is 4.01. The fourth-order valence-corrected chi connectivity index (χ4v) is 1.29. The molecule has 0 saturated carbocycles. The summed E-state index contributed by atoms with van der Waals surface area (Å²) in [6.45, 7) is 2.16. The second kappa shape index (κ2) is 6.17. The van der Waals surface area contributed by atoms with Crippen LogP contribution in [0.2, 0.25) is 0 Å². The van der Waals surface area contributed by atoms with Gasteiger partial charge in [-0.05, 0) is 18.6 Å². The molecule has 0 fully saturated rings. The molecule has 1 aromatic rings. The molecule has 1 unspecified atom stereocenters. The Hall–Kier alpha value is -1.66. The van der Waals surface area contributed by atoms with Crippen LogP contribution in [0.3, 0.4) is 0 Å². The molecule has 0 aliphatic carbocycles. The van der Waals surface area contributed by atoms with Crippen LogP contribution >= 0.6 is 0 Å². The molecular formula is C11H16N2O4. The Morgan fingerprint density at radius 2 is 2.29 bits per heavy atom. The fourth-order valence-electron chi connectivity index (χ4n) is 1.29. The Morgan fingerprint density at radius 3 is 2.82 bits per heavy atom. The number of nitrogens with two attached hydrogens (primary N) is 1. The highest BCUT2D eigenvalue weighted by atomic mass is 16.6. The van der Waals surface area contributed by atoms with Crippen molar-refractivity contribution in [3.05, 3.63) is 33.9 Å². The molecule has 0 heterocycles. The van der Waals surface area contributed by atoms with Gasteiger partial charge in [0.05, 0.1) is 17.6 Å². The summed E-state index contributed by atoms with van der Waals surface area (Å²) in [4.78, 5) is 10.3. The standard InChI is InChI=1S/C11H16N2O4/c1-8(14)4-5-17-11-6-9(7-12)2-3-10(11)13(15)16/h2-3,6,8,14H,4-5,7,12H2,1H3. The molecule has 1 atom stereocenters. The summed E-state index contributed by atoms with van der Waals surface area (Å²) in [5, 5.41) is 19.8. The molecule has 94 valence electrons. The highest BCUT2D eigenvalue weighted by molar-refractivity contribution is 5.48. The van der Waals surface area contributed by atoms with Crippen LogP contribution in [-0.2, 0) is 6.54 Å². The van der Waals surface area contributed by atoms with Gasteiger partial charge in [0.25, 0.3) is 0 Å². The van der Waals surface area contributed by atoms with Crippen molar-refractivity contribution < 1.29 is 14.8 Å². The zero-order valence-electron chi connectivity index (χ0n) is 9.63. The number of aliphatic hydroxyl groups is 1. The average Bonchev–Trinajstić information content (AvgIpc) is 2.28. The summed E-state index contributed by atoms with van der Waals surface area (Å²) in [6.07, 6.45) is -0.0731. The molecule has 0 saturated heterocycles. The first-order valence-electron chi connectivity index (χ1n) is 5.33. The molecule has 0 aliphatic heterocycles. The fraction of sp³-hybridized carbons (Fsp3) is 0.455. The van der Waals surface area contributed by atoms with Crippen LogP contribution in [-0.4, -0.2) is 22.7 Å². The SMILES string of the molecule is CC(O)CCOc1cc(CN)ccc1[N+](=O)[O-]. The van der Waals surface area contributed by atoms with E-state index in [2.05, 4.69) is 0 Å². The summed E-state index contributed by atoms with van der Waals surface area (Å²) in [5.41, 5.74) is 6.13. The molecular weight excluding hydrogens is 224 g/mol. The molecule has 17 heavy (non-hydrogen) atoms. The minimum absolute atomic E-state index is 0.0900. The van der Waals surface area contributed by atoms with Crippen molar-refractivity contribution in [3.8, 4) is 5.75 Å². The van der Waals surface area contributed by atoms with E-state index in [0.717, 1.165) is 5.56 Å². The van der Waals surface area contributed by atoms with Crippen LogP contribution in [0.1, 0.15) is 18.9 Å². The molecule has 0 radical (unpaired) electrons. The predicted octanol–water partition coefficient (Wildman–Crippen LogP) is 1.20. The van der Waals surface area contributed by atoms with Crippen molar-refractivity contribution in [2.75, 3.05) is 6.61 Å². The quantitative estimate of drug-likeness (QED) is 0.575. The van der Waals surface area contributed by atoms with Gasteiger partial charge in [-0.2, -0.15) is 0 Å². The van der Waals surface area contributed by atoms with Crippen molar-refractivity contribution in [2.45, 2.75) is 26.0 Å². The second-order valence-electron chi connectivity index (χ2n) is 3.75. The normalized spacial score (nSPS) is 12.2. The van der Waals surface area contributed by atoms with Gasteiger partial charge in [0.1, 0.15) is 0 Å². The Bertz CT molecular complexity index is 393. The molecule has 0 aliphatic rings. The van der Waals surface area contributed by atoms with E-state index >= 15 is 0 Å². The summed E-state index contributed by atoms with van der Waals surface area (Å²) in [7, 11) is 0. The lowest BCUT2D eigenvalue weighted by Gasteiger charge is -2.09. The van der Waals surface area contributed by atoms with Gasteiger partial charge in [-0.3, -0.25) is 10.1 Å². The second-order valence-corrected chi connectivity index (χ2v) is 3.75. The summed E-state index contributed by atoms with van der Waals surface area (Å²) < 4.78 is 5.29. The van der Waals surface area contributed by atoms with Gasteiger partial charge < -0.3 is 15.6 Å². The Kier molecular flexibility index (Phi) is 4.86. The van der Waals surface area contributed by atoms with E-state index in [1.54, 1.807) is 19.1 Å². The van der Waals surface area contributed by atoms with E-state index in [1.807, 2.05) is 0 Å². The maximum atomic E-state index is 10.8. The first kappa shape index (κ1) is 13.4. The molecule has 0 spiro atoms. The summed E-state index contributed by atoms with van der Waals surface area (Å²) in [6, 6.07) is 4.53. The molecule has 6 heteroatoms. The number of nitrogens with zero attached hydrogens (tertiary/aromatic N) is 1. The topological polar surface area (TPSA) is 98.6 Å². The predicted molar refractivity (Wildman–Crippen MR) is 62.8 cm³/mol. The number of nitro groups is 1. The van der Waals surface area contributed by atoms with E-state index in [-0.39, 0.29) is 18.0 Å². The Morgan fingerprint density at radius 1 is 1.59 bits per heavy atom. The third-order valence-corrected chi connectivity index (χ3v) is 2.25. The maximum Gasteiger partial charge on any atom is 0.310 e. The van der Waals surface area contributed by atoms with E-state index in [4.69, 9.17) is 15.6 Å². The average molecular weight is 240 g/mol. The Labute approximate surface area is 99.2 Å². The lowest BCUT2D eigenvalue weighted by molar-refractivity contribution is -0.385. The highest BCUT2D eigenvalue weighted by Crippen LogP contribution is 2.28. The molecule has 1 aromatic carbocycles. The van der Waals surface area contributed by atoms with Crippen molar-refractivity contribution in [3.63, 3.8) is 0 Å². The van der Waals surface area contributed by atoms with Crippen LogP contribution in [0.4, 0.5) is 5.69 Å². The van der Waals surface area contributed by atoms with Crippen LogP contribution in [0, 0.1) is 10.1 Å². The molecule has 3 N–H and O–H groups in total. The van der Waals surface area contributed by atoms with Gasteiger partial charge in [-0.15, -0.1) is 0 Å². The summed E-state index contributed by atoms with van der Waals surface area (Å²) >= 11 is 0. The molecule has 0 bridgehead atoms. The lowest BCUT2D eigenvalue weighted by atomic mass is 10.2. The number of rotatable bonds is 6. The van der Waals surface area contributed by atoms with Gasteiger partial charge in [-0.1, -0.05) is 6.07 Å². The van der Waals surface area contributed by atoms with Crippen molar-refractivity contribution in [1.82, 2.24) is 0 Å². The lowest BCUT2D eigenvalue weighted by Crippen LogP contribution is -2.09. The van der Waals surface area contributed by atoms with E-state index in [9.17, 15) is 10.1 Å². The zero-order chi connectivity index (χ0) is 12.8. The first-order valence-corrected chi connectivity index (χ1v) is 5.33. The van der Waals surface area contributed by atoms with Gasteiger partial charge >= 0.3 is 5.69 Å². The van der Waals surface area contributed by atoms with Crippen molar-refractivity contribution in [1.29, 1.82) is 0 Å². The minimum atomic E-state index is -0.502. The van der Waals surface area contributed by atoms with Crippen LogP contribution in [0.15, 0.2) is 18.2 Å². The molecule has 0 aromatic heterocycles. The Balaban J connectivity index is 2.82. The van der Waals surface area contributed by atoms with Crippen LogP contribution < -0.4 is 10.5 Å². The van der Waals surface area contributed by atoms with Crippen molar-refractivity contribution >= 4 is 5.69 Å². The van der Waals surface area contributed by atoms with Crippen LogP contribution in [0.25, 0.3) is 0 Å². The number of ether oxygens (including phenoxy) is 1. The summed E-state index contributed by atoms with van der Waals surface area (Å²) in [5.74, 6) is 0.193. The molecule has 1 rings (SSSR count). The van der Waals surface area contributed by atoms with E-state index in [0.29, 0.717) is 13.0 Å². The van der Waals surface area contributed by atoms with Crippen molar-refractivity contribution in [2.24, 2.45) is 5.73 Å². The first-order chi connectivity index (χ1) is 8.04. The van der Waals surface area contributed by atoms with Gasteiger partial charge in [0.2, 0.25) is 0 Å². The maximum absolute atomic E-state index is 10.8. The number of nitro benzene ring substituents is 1. The minimum Gasteiger partial charge on any atom is -0.487 e. The number of hydrogen-bond donors (Lipinski definition) is 2. The smallest absolute Gasteiger partial charge is 0.310 e. The van der Waals surface area contributed by atoms with E-state index in [1.165, 1.54) is 6.07 Å². The third-order valence-electron chi connectivity index (χ3n) is 2.25. The number of hydrogen-bond acceptors (Lipinski definition) is 5. The van der Waals surface area contributed by atoms with E-state index < -0.39 is 11.0 Å². The number of aliphatic hydroxyl groups excluding tert-OH is 1.